The first-order chi connectivity index (χ1) is 5.74. The van der Waals surface area contributed by atoms with Gasteiger partial charge in [0.25, 0.3) is 0 Å². The number of alkyl halides is 1. The van der Waals surface area contributed by atoms with E-state index in [1.807, 2.05) is 0 Å². The van der Waals surface area contributed by atoms with Gasteiger partial charge in [0, 0.05) is 27.9 Å². The van der Waals surface area contributed by atoms with Crippen LogP contribution in [0.3, 0.4) is 0 Å². The van der Waals surface area contributed by atoms with E-state index in [9.17, 15) is 0 Å². The predicted octanol–water partition coefficient (Wildman–Crippen LogP) is 3.55. The minimum absolute atomic E-state index is 0.416. The van der Waals surface area contributed by atoms with Crippen LogP contribution in [0.4, 0.5) is 0 Å². The van der Waals surface area contributed by atoms with Crippen LogP contribution in [0.2, 0.25) is 0 Å². The second-order valence-corrected chi connectivity index (χ2v) is 10.4. The maximum Gasteiger partial charge on any atom is 0.154 e. The second-order valence-electron chi connectivity index (χ2n) is 2.94. The molecular formula is C7H11ClS4. The predicted molar refractivity (Wildman–Crippen MR) is 66.8 cm³/mol. The van der Waals surface area contributed by atoms with Crippen LogP contribution in [-0.4, -0.2) is 30.6 Å². The molecule has 2 rings (SSSR count). The zero-order valence-corrected chi connectivity index (χ0v) is 10.8. The van der Waals surface area contributed by atoms with Gasteiger partial charge in [-0.3, -0.25) is 0 Å². The topological polar surface area (TPSA) is 0 Å². The van der Waals surface area contributed by atoms with Gasteiger partial charge in [-0.25, -0.2) is 0 Å². The lowest BCUT2D eigenvalue weighted by Crippen LogP contribution is -2.04. The molecular weight excluding hydrogens is 248 g/mol. The van der Waals surface area contributed by atoms with E-state index in [-0.39, 0.29) is 0 Å². The summed E-state index contributed by atoms with van der Waals surface area (Å²) in [6.07, 6.45) is 0. The molecule has 0 aromatic rings. The van der Waals surface area contributed by atoms with Crippen LogP contribution in [0.25, 0.3) is 0 Å². The number of rotatable bonds is 1. The molecule has 0 aliphatic carbocycles. The van der Waals surface area contributed by atoms with E-state index >= 15 is 0 Å². The Kier molecular flexibility index (Phi) is 3.45. The fourth-order valence-electron chi connectivity index (χ4n) is 1.21. The summed E-state index contributed by atoms with van der Waals surface area (Å²) in [7, 11) is 0. The Hall–Kier alpha value is 1.69. The lowest BCUT2D eigenvalue weighted by Gasteiger charge is -2.18. The van der Waals surface area contributed by atoms with Crippen LogP contribution >= 0.6 is 58.6 Å². The van der Waals surface area contributed by atoms with Crippen LogP contribution in [0.5, 0.6) is 0 Å². The summed E-state index contributed by atoms with van der Waals surface area (Å²) in [5.41, 5.74) is 0. The van der Waals surface area contributed by atoms with Crippen molar-refractivity contribution >= 4 is 58.6 Å². The third-order valence-corrected chi connectivity index (χ3v) is 10.4. The molecule has 0 N–H and O–H groups in total. The summed E-state index contributed by atoms with van der Waals surface area (Å²) >= 11 is 14.3. The first-order valence-corrected chi connectivity index (χ1v) is 8.20. The average Bonchev–Trinajstić information content (AvgIpc) is 2.61. The fourth-order valence-corrected chi connectivity index (χ4v) is 10.1. The van der Waals surface area contributed by atoms with E-state index in [2.05, 4.69) is 54.0 Å². The van der Waals surface area contributed by atoms with Crippen molar-refractivity contribution in [1.29, 1.82) is 0 Å². The smallest absolute Gasteiger partial charge is 0.125 e. The van der Waals surface area contributed by atoms with Gasteiger partial charge < -0.3 is 0 Å². The number of hydrogen-bond donors (Lipinski definition) is 0. The molecule has 2 heterocycles. The van der Waals surface area contributed by atoms with Crippen molar-refractivity contribution in [2.75, 3.05) is 17.4 Å². The summed E-state index contributed by atoms with van der Waals surface area (Å²) in [5.74, 6) is 3.36. The Morgan fingerprint density at radius 2 is 2.08 bits per heavy atom. The molecule has 2 aliphatic rings. The van der Waals surface area contributed by atoms with Crippen molar-refractivity contribution in [3.8, 4) is 0 Å². The minimum atomic E-state index is 0.416. The van der Waals surface area contributed by atoms with Crippen LogP contribution in [0.1, 0.15) is 6.92 Å². The van der Waals surface area contributed by atoms with E-state index in [1.165, 1.54) is 11.5 Å². The third-order valence-electron chi connectivity index (χ3n) is 1.77. The molecule has 0 nitrogen and oxygen atoms in total. The molecule has 3 atom stereocenters. The summed E-state index contributed by atoms with van der Waals surface area (Å²) in [5, 5.41) is 1.51. The largest absolute Gasteiger partial charge is 0.154 e. The number of hydrogen-bond acceptors (Lipinski definition) is 4. The summed E-state index contributed by atoms with van der Waals surface area (Å²) in [6.45, 7) is 2.32. The Labute approximate surface area is 95.7 Å². The van der Waals surface area contributed by atoms with E-state index in [0.29, 0.717) is 7.99 Å². The first-order valence-electron chi connectivity index (χ1n) is 3.93. The standard InChI is InChI=1S/C7H11ClS4/c1-5-3-9-7(11-5)10-4-6(2-8)12-7/h5-6H,2-4H2,1H3/t5-,6+,7-/m1/s1. The summed E-state index contributed by atoms with van der Waals surface area (Å²) in [6, 6.07) is 0. The van der Waals surface area contributed by atoms with Gasteiger partial charge >= 0.3 is 0 Å². The van der Waals surface area contributed by atoms with E-state index in [1.54, 1.807) is 0 Å². The molecule has 0 aromatic carbocycles. The fraction of sp³-hybridized carbons (Fsp3) is 1.00. The number of halogens is 1. The summed E-state index contributed by atoms with van der Waals surface area (Å²) in [4.78, 5) is 0. The van der Waals surface area contributed by atoms with Crippen LogP contribution in [-0.2, 0) is 0 Å². The van der Waals surface area contributed by atoms with Gasteiger partial charge in [0.15, 0.2) is 2.74 Å². The third kappa shape index (κ3) is 2.02. The number of thioether (sulfide) groups is 4. The second kappa shape index (κ2) is 4.05. The van der Waals surface area contributed by atoms with E-state index in [0.717, 1.165) is 11.1 Å². The normalized spacial score (nSPS) is 47.5. The summed E-state index contributed by atoms with van der Waals surface area (Å²) < 4.78 is 0.416. The van der Waals surface area contributed by atoms with Gasteiger partial charge in [0.05, 0.1) is 0 Å². The highest BCUT2D eigenvalue weighted by atomic mass is 35.5. The van der Waals surface area contributed by atoms with Crippen LogP contribution < -0.4 is 0 Å². The van der Waals surface area contributed by atoms with Crippen molar-refractivity contribution in [2.45, 2.75) is 20.2 Å². The van der Waals surface area contributed by atoms with Crippen molar-refractivity contribution in [3.05, 3.63) is 0 Å². The molecule has 1 spiro atoms. The molecule has 0 amide bonds. The van der Waals surface area contributed by atoms with Crippen molar-refractivity contribution < 1.29 is 0 Å². The molecule has 2 saturated heterocycles. The molecule has 2 fully saturated rings. The molecule has 70 valence electrons. The molecule has 0 radical (unpaired) electrons. The lowest BCUT2D eigenvalue weighted by atomic mass is 10.6. The SMILES string of the molecule is C[C@@H]1CS[C@@]2(SC[C@H](CCl)S2)S1. The lowest BCUT2D eigenvalue weighted by molar-refractivity contribution is 1.15. The van der Waals surface area contributed by atoms with Gasteiger partial charge in [-0.2, -0.15) is 0 Å². The first kappa shape index (κ1) is 10.2. The van der Waals surface area contributed by atoms with Crippen LogP contribution in [0, 0.1) is 0 Å². The Bertz CT molecular complexity index is 177. The van der Waals surface area contributed by atoms with Gasteiger partial charge in [0.1, 0.15) is 0 Å². The molecule has 2 aliphatic heterocycles. The highest BCUT2D eigenvalue weighted by Gasteiger charge is 2.46. The Morgan fingerprint density at radius 1 is 1.33 bits per heavy atom. The zero-order chi connectivity index (χ0) is 8.60. The zero-order valence-electron chi connectivity index (χ0n) is 6.79. The average molecular weight is 259 g/mol. The Morgan fingerprint density at radius 3 is 2.58 bits per heavy atom. The monoisotopic (exact) mass is 258 g/mol. The van der Waals surface area contributed by atoms with Crippen molar-refractivity contribution in [3.63, 3.8) is 0 Å². The highest BCUT2D eigenvalue weighted by Crippen LogP contribution is 2.66. The molecule has 0 aromatic heterocycles. The molecule has 12 heavy (non-hydrogen) atoms. The van der Waals surface area contributed by atoms with Gasteiger partial charge in [-0.1, -0.05) is 6.92 Å². The quantitative estimate of drug-likeness (QED) is 0.660. The highest BCUT2D eigenvalue weighted by molar-refractivity contribution is 8.50. The van der Waals surface area contributed by atoms with Crippen molar-refractivity contribution in [2.24, 2.45) is 0 Å². The van der Waals surface area contributed by atoms with Gasteiger partial charge in [-0.05, 0) is 0 Å². The maximum atomic E-state index is 5.85. The van der Waals surface area contributed by atoms with E-state index < -0.39 is 0 Å². The van der Waals surface area contributed by atoms with E-state index in [4.69, 9.17) is 11.6 Å². The van der Waals surface area contributed by atoms with Crippen molar-refractivity contribution in [1.82, 2.24) is 0 Å². The van der Waals surface area contributed by atoms with Gasteiger partial charge in [-0.15, -0.1) is 58.6 Å². The molecule has 5 heteroatoms. The maximum absolute atomic E-state index is 5.85. The molecule has 0 bridgehead atoms. The van der Waals surface area contributed by atoms with Gasteiger partial charge in [0.2, 0.25) is 0 Å². The Balaban J connectivity index is 1.97. The minimum Gasteiger partial charge on any atom is -0.125 e. The van der Waals surface area contributed by atoms with Crippen LogP contribution in [0.15, 0.2) is 0 Å². The molecule has 0 unspecified atom stereocenters. The molecule has 0 saturated carbocycles.